The molecule has 0 radical (unpaired) electrons. The van der Waals surface area contributed by atoms with Gasteiger partial charge in [0.25, 0.3) is 0 Å². The molecule has 0 aliphatic heterocycles. The van der Waals surface area contributed by atoms with Crippen LogP contribution >= 0.6 is 0 Å². The highest BCUT2D eigenvalue weighted by atomic mass is 15.6. The van der Waals surface area contributed by atoms with Crippen molar-refractivity contribution in [1.82, 2.24) is 10.1 Å². The smallest absolute Gasteiger partial charge is 0.0868 e. The van der Waals surface area contributed by atoms with E-state index in [1.165, 1.54) is 5.12 Å². The quantitative estimate of drug-likeness (QED) is 0.469. The minimum absolute atomic E-state index is 0.774. The molecule has 2 N–H and O–H groups in total. The molecule has 5 heteroatoms. The maximum atomic E-state index is 5.45. The largest absolute Gasteiger partial charge is 0.291 e. The lowest BCUT2D eigenvalue weighted by Gasteiger charge is -2.07. The lowest BCUT2D eigenvalue weighted by Crippen LogP contribution is -2.21. The van der Waals surface area contributed by atoms with Crippen LogP contribution in [0, 0.1) is 0 Å². The number of pyridine rings is 1. The normalized spacial score (nSPS) is 12.8. The topological polar surface area (TPSA) is 66.9 Å². The SMILES string of the molecule is CN=C(C)c1cccc(/C(C)=N/N(C)N)n1. The first-order chi connectivity index (χ1) is 7.54. The molecule has 0 spiro atoms. The minimum atomic E-state index is 0.774. The number of aliphatic imine (C=N–C) groups is 1. The average molecular weight is 219 g/mol. The molecule has 5 nitrogen and oxygen atoms in total. The number of rotatable bonds is 3. The van der Waals surface area contributed by atoms with Gasteiger partial charge in [0, 0.05) is 14.1 Å². The first kappa shape index (κ1) is 12.3. The van der Waals surface area contributed by atoms with Crippen molar-refractivity contribution in [2.75, 3.05) is 14.1 Å². The van der Waals surface area contributed by atoms with Crippen LogP contribution in [0.2, 0.25) is 0 Å². The van der Waals surface area contributed by atoms with Crippen molar-refractivity contribution < 1.29 is 0 Å². The van der Waals surface area contributed by atoms with E-state index in [2.05, 4.69) is 15.1 Å². The molecule has 1 heterocycles. The third-order valence-corrected chi connectivity index (χ3v) is 2.13. The fourth-order valence-corrected chi connectivity index (χ4v) is 1.24. The molecule has 1 aromatic rings. The molecule has 0 fully saturated rings. The maximum absolute atomic E-state index is 5.45. The van der Waals surface area contributed by atoms with Gasteiger partial charge in [-0.3, -0.25) is 4.99 Å². The lowest BCUT2D eigenvalue weighted by atomic mass is 10.2. The molecular weight excluding hydrogens is 202 g/mol. The fourth-order valence-electron chi connectivity index (χ4n) is 1.24. The summed E-state index contributed by atoms with van der Waals surface area (Å²) in [6.07, 6.45) is 0. The lowest BCUT2D eigenvalue weighted by molar-refractivity contribution is 0.372. The summed E-state index contributed by atoms with van der Waals surface area (Å²) in [7, 11) is 3.42. The Bertz CT molecular complexity index is 420. The molecule has 0 aliphatic carbocycles. The van der Waals surface area contributed by atoms with Crippen LogP contribution in [0.15, 0.2) is 28.3 Å². The maximum Gasteiger partial charge on any atom is 0.0868 e. The zero-order chi connectivity index (χ0) is 12.1. The molecule has 1 rings (SSSR count). The molecule has 1 aromatic heterocycles. The molecule has 0 aromatic carbocycles. The highest BCUT2D eigenvalue weighted by molar-refractivity contribution is 6.00. The summed E-state index contributed by atoms with van der Waals surface area (Å²) < 4.78 is 0. The van der Waals surface area contributed by atoms with Gasteiger partial charge in [0.05, 0.1) is 22.8 Å². The van der Waals surface area contributed by atoms with Gasteiger partial charge < -0.3 is 0 Å². The van der Waals surface area contributed by atoms with Gasteiger partial charge in [-0.2, -0.15) is 5.10 Å². The van der Waals surface area contributed by atoms with E-state index in [0.29, 0.717) is 0 Å². The van der Waals surface area contributed by atoms with Crippen molar-refractivity contribution in [3.05, 3.63) is 29.6 Å². The summed E-state index contributed by atoms with van der Waals surface area (Å²) in [5.74, 6) is 5.45. The van der Waals surface area contributed by atoms with Crippen LogP contribution in [0.1, 0.15) is 25.2 Å². The number of hydrazone groups is 1. The summed E-state index contributed by atoms with van der Waals surface area (Å²) in [6, 6.07) is 5.75. The van der Waals surface area contributed by atoms with Crippen LogP contribution in [-0.2, 0) is 0 Å². The van der Waals surface area contributed by atoms with Crippen molar-refractivity contribution in [2.45, 2.75) is 13.8 Å². The van der Waals surface area contributed by atoms with Crippen molar-refractivity contribution in [1.29, 1.82) is 0 Å². The molecular formula is C11H17N5. The number of hydrazine groups is 1. The summed E-state index contributed by atoms with van der Waals surface area (Å²) in [5, 5.41) is 5.37. The fraction of sp³-hybridized carbons (Fsp3) is 0.364. The summed E-state index contributed by atoms with van der Waals surface area (Å²) >= 11 is 0. The van der Waals surface area contributed by atoms with Crippen molar-refractivity contribution >= 4 is 11.4 Å². The number of aromatic nitrogens is 1. The van der Waals surface area contributed by atoms with Crippen LogP contribution in [0.25, 0.3) is 0 Å². The highest BCUT2D eigenvalue weighted by Crippen LogP contribution is 2.03. The minimum Gasteiger partial charge on any atom is -0.291 e. The van der Waals surface area contributed by atoms with Crippen LogP contribution in [0.4, 0.5) is 0 Å². The van der Waals surface area contributed by atoms with Crippen LogP contribution in [0.3, 0.4) is 0 Å². The number of hydrogen-bond donors (Lipinski definition) is 1. The molecule has 86 valence electrons. The number of hydrogen-bond acceptors (Lipinski definition) is 5. The Hall–Kier alpha value is -1.75. The second-order valence-corrected chi connectivity index (χ2v) is 3.48. The van der Waals surface area contributed by atoms with Gasteiger partial charge in [-0.05, 0) is 26.0 Å². The van der Waals surface area contributed by atoms with Crippen molar-refractivity contribution in [3.63, 3.8) is 0 Å². The van der Waals surface area contributed by atoms with E-state index in [1.54, 1.807) is 14.1 Å². The molecule has 0 unspecified atom stereocenters. The standard InChI is InChI=1S/C11H17N5/c1-8(13-3)10-6-5-7-11(14-10)9(2)15-16(4)12/h5-7H,12H2,1-4H3/b13-8?,15-9+. The molecule has 0 saturated carbocycles. The molecule has 0 aliphatic rings. The number of nitrogens with two attached hydrogens (primary N) is 1. The van der Waals surface area contributed by atoms with E-state index in [0.717, 1.165) is 22.8 Å². The van der Waals surface area contributed by atoms with Gasteiger partial charge in [-0.15, -0.1) is 0 Å². The predicted molar refractivity (Wildman–Crippen MR) is 66.5 cm³/mol. The monoisotopic (exact) mass is 219 g/mol. The molecule has 0 bridgehead atoms. The van der Waals surface area contributed by atoms with E-state index >= 15 is 0 Å². The molecule has 0 atom stereocenters. The number of nitrogens with zero attached hydrogens (tertiary/aromatic N) is 4. The Balaban J connectivity index is 3.08. The first-order valence-corrected chi connectivity index (χ1v) is 4.99. The second-order valence-electron chi connectivity index (χ2n) is 3.48. The predicted octanol–water partition coefficient (Wildman–Crippen LogP) is 1.05. The van der Waals surface area contributed by atoms with E-state index in [4.69, 9.17) is 5.84 Å². The average Bonchev–Trinajstić information content (AvgIpc) is 2.27. The van der Waals surface area contributed by atoms with Gasteiger partial charge in [0.15, 0.2) is 0 Å². The van der Waals surface area contributed by atoms with Gasteiger partial charge in [-0.1, -0.05) is 6.07 Å². The van der Waals surface area contributed by atoms with Gasteiger partial charge in [-0.25, -0.2) is 15.9 Å². The van der Waals surface area contributed by atoms with Crippen molar-refractivity contribution in [2.24, 2.45) is 15.9 Å². The Morgan fingerprint density at radius 1 is 1.25 bits per heavy atom. The molecule has 16 heavy (non-hydrogen) atoms. The summed E-state index contributed by atoms with van der Waals surface area (Å²) in [6.45, 7) is 3.79. The van der Waals surface area contributed by atoms with Crippen LogP contribution in [-0.4, -0.2) is 35.6 Å². The summed E-state index contributed by atoms with van der Waals surface area (Å²) in [4.78, 5) is 8.55. The van der Waals surface area contributed by atoms with Crippen LogP contribution in [0.5, 0.6) is 0 Å². The Morgan fingerprint density at radius 2 is 1.81 bits per heavy atom. The van der Waals surface area contributed by atoms with E-state index in [9.17, 15) is 0 Å². The molecule has 0 amide bonds. The first-order valence-electron chi connectivity index (χ1n) is 4.99. The van der Waals surface area contributed by atoms with Gasteiger partial charge >= 0.3 is 0 Å². The van der Waals surface area contributed by atoms with Crippen LogP contribution < -0.4 is 5.84 Å². The van der Waals surface area contributed by atoms with Gasteiger partial charge in [0.2, 0.25) is 0 Å². The zero-order valence-electron chi connectivity index (χ0n) is 10.1. The second kappa shape index (κ2) is 5.37. The third-order valence-electron chi connectivity index (χ3n) is 2.13. The van der Waals surface area contributed by atoms with Crippen molar-refractivity contribution in [3.8, 4) is 0 Å². The Labute approximate surface area is 95.7 Å². The Kier molecular flexibility index (Phi) is 4.13. The van der Waals surface area contributed by atoms with E-state index < -0.39 is 0 Å². The molecule has 0 saturated heterocycles. The third kappa shape index (κ3) is 3.13. The van der Waals surface area contributed by atoms with Gasteiger partial charge in [0.1, 0.15) is 0 Å². The zero-order valence-corrected chi connectivity index (χ0v) is 10.1. The Morgan fingerprint density at radius 3 is 2.31 bits per heavy atom. The summed E-state index contributed by atoms with van der Waals surface area (Å²) in [5.41, 5.74) is 3.33. The highest BCUT2D eigenvalue weighted by Gasteiger charge is 2.03. The van der Waals surface area contributed by atoms with E-state index in [1.807, 2.05) is 32.0 Å². The van der Waals surface area contributed by atoms with E-state index in [-0.39, 0.29) is 0 Å².